The first-order valence-electron chi connectivity index (χ1n) is 10.7. The number of aromatic nitrogens is 3. The second-order valence-corrected chi connectivity index (χ2v) is 7.52. The molecule has 2 aromatic heterocycles. The van der Waals surface area contributed by atoms with Crippen LogP contribution in [0.5, 0.6) is 5.75 Å². The molecule has 0 aliphatic heterocycles. The summed E-state index contributed by atoms with van der Waals surface area (Å²) in [6.45, 7) is 2.71. The molecule has 4 rings (SSSR count). The van der Waals surface area contributed by atoms with Gasteiger partial charge in [0.25, 0.3) is 5.91 Å². The van der Waals surface area contributed by atoms with Gasteiger partial charge >= 0.3 is 0 Å². The molecule has 0 saturated carbocycles. The van der Waals surface area contributed by atoms with Crippen molar-refractivity contribution in [2.24, 2.45) is 0 Å². The molecular weight excluding hydrogens is 407 g/mol. The summed E-state index contributed by atoms with van der Waals surface area (Å²) in [6.07, 6.45) is 3.03. The number of fused-ring (bicyclic) bond motifs is 1. The second kappa shape index (κ2) is 9.60. The molecule has 4 aromatic rings. The van der Waals surface area contributed by atoms with Crippen LogP contribution in [-0.2, 0) is 0 Å². The predicted molar refractivity (Wildman–Crippen MR) is 123 cm³/mol. The number of methoxy groups -OCH3 is 1. The van der Waals surface area contributed by atoms with Crippen molar-refractivity contribution in [2.75, 3.05) is 13.7 Å². The number of hydrogen-bond acceptors (Lipinski definition) is 4. The van der Waals surface area contributed by atoms with E-state index in [4.69, 9.17) is 9.72 Å². The van der Waals surface area contributed by atoms with Crippen molar-refractivity contribution >= 4 is 16.9 Å². The Labute approximate surface area is 185 Å². The summed E-state index contributed by atoms with van der Waals surface area (Å²) in [6, 6.07) is 15.3. The first-order valence-corrected chi connectivity index (χ1v) is 10.7. The van der Waals surface area contributed by atoms with Crippen LogP contribution in [0.1, 0.15) is 36.5 Å². The average Bonchev–Trinajstić information content (AvgIpc) is 3.25. The Bertz CT molecular complexity index is 1230. The molecule has 7 heteroatoms. The van der Waals surface area contributed by atoms with Crippen LogP contribution in [0.25, 0.3) is 33.5 Å². The first-order chi connectivity index (χ1) is 15.6. The first kappa shape index (κ1) is 21.5. The summed E-state index contributed by atoms with van der Waals surface area (Å²) in [5.74, 6) is 0.125. The van der Waals surface area contributed by atoms with Gasteiger partial charge in [-0.2, -0.15) is 5.10 Å². The molecule has 0 spiro atoms. The number of benzene rings is 2. The van der Waals surface area contributed by atoms with Crippen LogP contribution < -0.4 is 10.1 Å². The van der Waals surface area contributed by atoms with Crippen LogP contribution in [0.4, 0.5) is 4.39 Å². The monoisotopic (exact) mass is 432 g/mol. The Balaban J connectivity index is 1.85. The Morgan fingerprint density at radius 3 is 2.66 bits per heavy atom. The van der Waals surface area contributed by atoms with E-state index in [1.807, 2.05) is 24.3 Å². The third-order valence-corrected chi connectivity index (χ3v) is 5.35. The Hall–Kier alpha value is -3.74. The van der Waals surface area contributed by atoms with Crippen LogP contribution in [0.2, 0.25) is 0 Å². The van der Waals surface area contributed by atoms with Gasteiger partial charge in [0, 0.05) is 17.7 Å². The summed E-state index contributed by atoms with van der Waals surface area (Å²) in [5, 5.41) is 11.0. The molecular formula is C25H25FN4O2. The highest BCUT2D eigenvalue weighted by molar-refractivity contribution is 6.11. The maximum atomic E-state index is 13.4. The molecule has 0 aliphatic rings. The topological polar surface area (TPSA) is 79.9 Å². The lowest BCUT2D eigenvalue weighted by atomic mass is 10.0. The summed E-state index contributed by atoms with van der Waals surface area (Å²) >= 11 is 0. The lowest BCUT2D eigenvalue weighted by Gasteiger charge is -2.11. The van der Waals surface area contributed by atoms with Gasteiger partial charge in [0.05, 0.1) is 29.4 Å². The minimum atomic E-state index is -0.331. The fraction of sp³-hybridized carbons (Fsp3) is 0.240. The van der Waals surface area contributed by atoms with E-state index in [1.54, 1.807) is 25.3 Å². The molecule has 0 unspecified atom stereocenters. The number of hydrogen-bond donors (Lipinski definition) is 2. The van der Waals surface area contributed by atoms with Gasteiger partial charge < -0.3 is 10.1 Å². The molecule has 6 nitrogen and oxygen atoms in total. The van der Waals surface area contributed by atoms with Crippen LogP contribution in [0, 0.1) is 5.82 Å². The second-order valence-electron chi connectivity index (χ2n) is 7.52. The van der Waals surface area contributed by atoms with E-state index in [-0.39, 0.29) is 11.7 Å². The standard InChI is InChI=1S/C25H25FN4O2/c1-3-4-7-14-27-25(31)19-15-20(18-8-5-6-9-21(18)32-2)28-24-22(19)23(29-30-24)16-10-12-17(26)13-11-16/h5-6,8-13,15H,3-4,7,14H2,1-2H3,(H,27,31)(H,28,29,30). The Morgan fingerprint density at radius 1 is 1.12 bits per heavy atom. The van der Waals surface area contributed by atoms with Gasteiger partial charge in [-0.15, -0.1) is 0 Å². The largest absolute Gasteiger partial charge is 0.496 e. The fourth-order valence-electron chi connectivity index (χ4n) is 3.69. The molecule has 0 radical (unpaired) electrons. The number of amides is 1. The van der Waals surface area contributed by atoms with E-state index in [0.717, 1.165) is 30.4 Å². The number of rotatable bonds is 8. The zero-order chi connectivity index (χ0) is 22.5. The van der Waals surface area contributed by atoms with Crippen molar-refractivity contribution in [3.63, 3.8) is 0 Å². The number of ether oxygens (including phenoxy) is 1. The molecule has 0 atom stereocenters. The van der Waals surface area contributed by atoms with E-state index < -0.39 is 0 Å². The van der Waals surface area contributed by atoms with Crippen molar-refractivity contribution in [3.8, 4) is 28.3 Å². The third-order valence-electron chi connectivity index (χ3n) is 5.35. The van der Waals surface area contributed by atoms with Crippen molar-refractivity contribution < 1.29 is 13.9 Å². The quantitative estimate of drug-likeness (QED) is 0.367. The summed E-state index contributed by atoms with van der Waals surface area (Å²) in [4.78, 5) is 17.9. The molecule has 2 heterocycles. The molecule has 2 N–H and O–H groups in total. The van der Waals surface area contributed by atoms with Gasteiger partial charge in [-0.05, 0) is 48.9 Å². The number of carbonyl (C=O) groups excluding carboxylic acids is 1. The molecule has 0 bridgehead atoms. The zero-order valence-electron chi connectivity index (χ0n) is 18.1. The minimum Gasteiger partial charge on any atom is -0.496 e. The van der Waals surface area contributed by atoms with E-state index in [2.05, 4.69) is 22.4 Å². The number of nitrogens with one attached hydrogen (secondary N) is 2. The Morgan fingerprint density at radius 2 is 1.91 bits per heavy atom. The SMILES string of the molecule is CCCCCNC(=O)c1cc(-c2ccccc2OC)nc2n[nH]c(-c3ccc(F)cc3)c12. The van der Waals surface area contributed by atoms with Gasteiger partial charge in [0.1, 0.15) is 11.6 Å². The number of pyridine rings is 1. The Kier molecular flexibility index (Phi) is 6.44. The molecule has 0 saturated heterocycles. The lowest BCUT2D eigenvalue weighted by molar-refractivity contribution is 0.0954. The van der Waals surface area contributed by atoms with Crippen molar-refractivity contribution in [1.29, 1.82) is 0 Å². The molecule has 1 amide bonds. The fourth-order valence-corrected chi connectivity index (χ4v) is 3.69. The van der Waals surface area contributed by atoms with Crippen molar-refractivity contribution in [3.05, 3.63) is 66.0 Å². The number of carbonyl (C=O) groups is 1. The highest BCUT2D eigenvalue weighted by atomic mass is 19.1. The summed E-state index contributed by atoms with van der Waals surface area (Å²) in [5.41, 5.74) is 3.57. The van der Waals surface area contributed by atoms with Crippen molar-refractivity contribution in [2.45, 2.75) is 26.2 Å². The van der Waals surface area contributed by atoms with Gasteiger partial charge in [-0.3, -0.25) is 9.89 Å². The highest BCUT2D eigenvalue weighted by Crippen LogP contribution is 2.34. The molecule has 164 valence electrons. The smallest absolute Gasteiger partial charge is 0.252 e. The highest BCUT2D eigenvalue weighted by Gasteiger charge is 2.21. The van der Waals surface area contributed by atoms with Gasteiger partial charge in [0.15, 0.2) is 5.65 Å². The van der Waals surface area contributed by atoms with E-state index in [9.17, 15) is 9.18 Å². The van der Waals surface area contributed by atoms with E-state index >= 15 is 0 Å². The number of para-hydroxylation sites is 1. The summed E-state index contributed by atoms with van der Waals surface area (Å²) < 4.78 is 18.9. The van der Waals surface area contributed by atoms with Gasteiger partial charge in [-0.1, -0.05) is 31.9 Å². The molecule has 0 aliphatic carbocycles. The number of unbranched alkanes of at least 4 members (excludes halogenated alkanes) is 2. The lowest BCUT2D eigenvalue weighted by Crippen LogP contribution is -2.24. The summed E-state index contributed by atoms with van der Waals surface area (Å²) in [7, 11) is 1.60. The number of aromatic amines is 1. The van der Waals surface area contributed by atoms with Crippen molar-refractivity contribution in [1.82, 2.24) is 20.5 Å². The van der Waals surface area contributed by atoms with Crippen LogP contribution in [-0.4, -0.2) is 34.7 Å². The molecule has 0 fully saturated rings. The number of H-pyrrole nitrogens is 1. The zero-order valence-corrected chi connectivity index (χ0v) is 18.1. The maximum absolute atomic E-state index is 13.4. The van der Waals surface area contributed by atoms with E-state index in [1.165, 1.54) is 12.1 Å². The average molecular weight is 432 g/mol. The molecule has 2 aromatic carbocycles. The van der Waals surface area contributed by atoms with E-state index in [0.29, 0.717) is 40.3 Å². The van der Waals surface area contributed by atoms with Crippen LogP contribution >= 0.6 is 0 Å². The minimum absolute atomic E-state index is 0.200. The normalized spacial score (nSPS) is 11.0. The third kappa shape index (κ3) is 4.32. The van der Waals surface area contributed by atoms with Crippen LogP contribution in [0.15, 0.2) is 54.6 Å². The van der Waals surface area contributed by atoms with Crippen LogP contribution in [0.3, 0.4) is 0 Å². The predicted octanol–water partition coefficient (Wildman–Crippen LogP) is 5.36. The van der Waals surface area contributed by atoms with Gasteiger partial charge in [0.2, 0.25) is 0 Å². The number of nitrogens with zero attached hydrogens (tertiary/aromatic N) is 2. The maximum Gasteiger partial charge on any atom is 0.252 e. The number of halogens is 1. The van der Waals surface area contributed by atoms with Gasteiger partial charge in [-0.25, -0.2) is 9.37 Å². The molecule has 32 heavy (non-hydrogen) atoms.